The summed E-state index contributed by atoms with van der Waals surface area (Å²) in [5.74, 6) is -1.57. The van der Waals surface area contributed by atoms with Crippen LogP contribution in [0.15, 0.2) is 51.8 Å². The highest BCUT2D eigenvalue weighted by Crippen LogP contribution is 2.32. The first kappa shape index (κ1) is 22.7. The Morgan fingerprint density at radius 2 is 1.89 bits per heavy atom. The Morgan fingerprint density at radius 1 is 1.11 bits per heavy atom. The normalized spacial score (nSPS) is 14.0. The Morgan fingerprint density at radius 3 is 2.69 bits per heavy atom. The van der Waals surface area contributed by atoms with Crippen LogP contribution < -0.4 is 20.8 Å². The van der Waals surface area contributed by atoms with Gasteiger partial charge in [0.25, 0.3) is 5.91 Å². The number of hydrogen-bond acceptors (Lipinski definition) is 6. The number of rotatable bonds is 7. The molecule has 0 saturated carbocycles. The van der Waals surface area contributed by atoms with Gasteiger partial charge in [0.05, 0.1) is 12.0 Å². The molecule has 2 aromatic heterocycles. The van der Waals surface area contributed by atoms with Crippen LogP contribution in [0.5, 0.6) is 5.75 Å². The second kappa shape index (κ2) is 9.29. The highest BCUT2D eigenvalue weighted by atomic mass is 16.5. The zero-order chi connectivity index (χ0) is 24.5. The molecule has 0 unspecified atom stereocenters. The quantitative estimate of drug-likeness (QED) is 0.397. The molecule has 1 atom stereocenters. The predicted octanol–water partition coefficient (Wildman–Crippen LogP) is 2.32. The van der Waals surface area contributed by atoms with E-state index in [0.717, 1.165) is 58.7 Å². The third-order valence-corrected chi connectivity index (χ3v) is 6.67. The number of carbonyl (C=O) groups excluding carboxylic acids is 2. The smallest absolute Gasteiger partial charge is 0.339 e. The molecule has 0 fully saturated rings. The van der Waals surface area contributed by atoms with Gasteiger partial charge in [-0.25, -0.2) is 4.79 Å². The van der Waals surface area contributed by atoms with E-state index in [0.29, 0.717) is 16.9 Å². The van der Waals surface area contributed by atoms with Crippen LogP contribution in [-0.4, -0.2) is 29.5 Å². The molecule has 35 heavy (non-hydrogen) atoms. The van der Waals surface area contributed by atoms with E-state index in [1.165, 1.54) is 0 Å². The van der Waals surface area contributed by atoms with Crippen molar-refractivity contribution >= 4 is 33.7 Å². The van der Waals surface area contributed by atoms with Crippen LogP contribution in [0.2, 0.25) is 0 Å². The number of aromatic amines is 1. The number of nitrogens with one attached hydrogen (secondary N) is 2. The minimum atomic E-state index is -1.38. The summed E-state index contributed by atoms with van der Waals surface area (Å²) in [5.41, 5.74) is 4.19. The van der Waals surface area contributed by atoms with Gasteiger partial charge in [-0.1, -0.05) is 18.2 Å². The fraction of sp³-hybridized carbons (Fsp3) is 0.296. The molecule has 4 aromatic rings. The van der Waals surface area contributed by atoms with Gasteiger partial charge in [0.1, 0.15) is 11.3 Å². The Kier molecular flexibility index (Phi) is 6.03. The maximum Gasteiger partial charge on any atom is 0.339 e. The molecule has 8 nitrogen and oxygen atoms in total. The monoisotopic (exact) mass is 473 g/mol. The van der Waals surface area contributed by atoms with Gasteiger partial charge in [0, 0.05) is 40.0 Å². The fourth-order valence-electron chi connectivity index (χ4n) is 4.87. The molecule has 0 radical (unpaired) electrons. The van der Waals surface area contributed by atoms with Crippen LogP contribution in [0.4, 0.5) is 0 Å². The Balaban J connectivity index is 1.30. The summed E-state index contributed by atoms with van der Waals surface area (Å²) < 4.78 is 11.3. The van der Waals surface area contributed by atoms with Crippen molar-refractivity contribution in [2.75, 3.05) is 6.61 Å². The maximum atomic E-state index is 12.5. The summed E-state index contributed by atoms with van der Waals surface area (Å²) in [4.78, 5) is 39.8. The van der Waals surface area contributed by atoms with Crippen molar-refractivity contribution in [3.8, 4) is 5.75 Å². The lowest BCUT2D eigenvalue weighted by Gasteiger charge is -2.20. The minimum absolute atomic E-state index is 0.0728. The van der Waals surface area contributed by atoms with Crippen molar-refractivity contribution in [2.45, 2.75) is 45.1 Å². The third-order valence-electron chi connectivity index (χ3n) is 6.67. The van der Waals surface area contributed by atoms with Gasteiger partial charge in [0.2, 0.25) is 0 Å². The van der Waals surface area contributed by atoms with Gasteiger partial charge < -0.3 is 29.4 Å². The average molecular weight is 474 g/mol. The number of carboxylic acids is 1. The van der Waals surface area contributed by atoms with Crippen molar-refractivity contribution in [1.82, 2.24) is 10.3 Å². The highest BCUT2D eigenvalue weighted by Gasteiger charge is 2.21. The highest BCUT2D eigenvalue weighted by molar-refractivity contribution is 5.88. The molecule has 5 rings (SSSR count). The SMILES string of the molecule is Cc1c(OCC(=O)N[C@@H](Cc2c[nH]c3ccccc23)C(=O)[O-])ccc2c3c(c(=O)oc12)CCCC3. The van der Waals surface area contributed by atoms with Crippen LogP contribution >= 0.6 is 0 Å². The van der Waals surface area contributed by atoms with Gasteiger partial charge >= 0.3 is 5.63 Å². The second-order valence-electron chi connectivity index (χ2n) is 8.91. The number of aromatic nitrogens is 1. The number of para-hydroxylation sites is 1. The van der Waals surface area contributed by atoms with Gasteiger partial charge in [-0.2, -0.15) is 0 Å². The van der Waals surface area contributed by atoms with E-state index in [1.54, 1.807) is 19.2 Å². The van der Waals surface area contributed by atoms with E-state index >= 15 is 0 Å². The third kappa shape index (κ3) is 4.39. The number of H-pyrrole nitrogens is 1. The van der Waals surface area contributed by atoms with E-state index < -0.39 is 17.9 Å². The first-order valence-electron chi connectivity index (χ1n) is 11.7. The topological polar surface area (TPSA) is 124 Å². The van der Waals surface area contributed by atoms with Gasteiger partial charge in [-0.15, -0.1) is 0 Å². The summed E-state index contributed by atoms with van der Waals surface area (Å²) in [6.07, 6.45) is 5.37. The van der Waals surface area contributed by atoms with E-state index in [2.05, 4.69) is 10.3 Å². The Bertz CT molecular complexity index is 1500. The second-order valence-corrected chi connectivity index (χ2v) is 8.91. The zero-order valence-corrected chi connectivity index (χ0v) is 19.3. The van der Waals surface area contributed by atoms with Crippen molar-refractivity contribution in [3.63, 3.8) is 0 Å². The van der Waals surface area contributed by atoms with Gasteiger partial charge in [0.15, 0.2) is 6.61 Å². The molecule has 1 amide bonds. The van der Waals surface area contributed by atoms with Gasteiger partial charge in [-0.3, -0.25) is 4.79 Å². The molecule has 0 aliphatic heterocycles. The van der Waals surface area contributed by atoms with Crippen molar-refractivity contribution in [1.29, 1.82) is 0 Å². The lowest BCUT2D eigenvalue weighted by molar-refractivity contribution is -0.308. The van der Waals surface area contributed by atoms with Crippen molar-refractivity contribution < 1.29 is 23.8 Å². The van der Waals surface area contributed by atoms with E-state index in [4.69, 9.17) is 9.15 Å². The predicted molar refractivity (Wildman–Crippen MR) is 128 cm³/mol. The van der Waals surface area contributed by atoms with Crippen LogP contribution in [0.1, 0.15) is 35.1 Å². The first-order valence-corrected chi connectivity index (χ1v) is 11.7. The number of aryl methyl sites for hydroxylation is 2. The standard InChI is InChI=1S/C27H26N2O6/c1-15-23(11-10-19-18-7-2-3-8-20(18)27(33)35-25(15)19)34-14-24(30)29-22(26(31)32)12-16-13-28-21-9-5-4-6-17(16)21/h4-6,9-11,13,22,28H,2-3,7-8,12,14H2,1H3,(H,29,30)(H,31,32)/p-1/t22-/m0/s1. The lowest BCUT2D eigenvalue weighted by Crippen LogP contribution is -2.50. The Labute approximate surface area is 200 Å². The van der Waals surface area contributed by atoms with E-state index in [-0.39, 0.29) is 18.7 Å². The summed E-state index contributed by atoms with van der Waals surface area (Å²) in [6, 6.07) is 9.91. The number of carboxylic acid groups (broad SMARTS) is 1. The Hall–Kier alpha value is -4.07. The van der Waals surface area contributed by atoms with Gasteiger partial charge in [-0.05, 0) is 61.9 Å². The molecule has 2 heterocycles. The van der Waals surface area contributed by atoms with Crippen LogP contribution in [0.25, 0.3) is 21.9 Å². The summed E-state index contributed by atoms with van der Waals surface area (Å²) in [5, 5.41) is 16.0. The van der Waals surface area contributed by atoms with E-state index in [9.17, 15) is 19.5 Å². The van der Waals surface area contributed by atoms with Crippen LogP contribution in [0, 0.1) is 6.92 Å². The van der Waals surface area contributed by atoms with E-state index in [1.807, 2.05) is 30.3 Å². The zero-order valence-electron chi connectivity index (χ0n) is 19.3. The molecule has 0 bridgehead atoms. The number of benzene rings is 2. The van der Waals surface area contributed by atoms with Crippen LogP contribution in [0.3, 0.4) is 0 Å². The summed E-state index contributed by atoms with van der Waals surface area (Å²) in [7, 11) is 0. The molecule has 2 aromatic carbocycles. The lowest BCUT2D eigenvalue weighted by atomic mass is 9.90. The molecule has 180 valence electrons. The molecular weight excluding hydrogens is 448 g/mol. The minimum Gasteiger partial charge on any atom is -0.548 e. The molecule has 1 aliphatic carbocycles. The molecule has 1 aliphatic rings. The summed E-state index contributed by atoms with van der Waals surface area (Å²) >= 11 is 0. The van der Waals surface area contributed by atoms with Crippen molar-refractivity contribution in [2.24, 2.45) is 0 Å². The first-order chi connectivity index (χ1) is 16.9. The number of fused-ring (bicyclic) bond motifs is 4. The molecule has 8 heteroatoms. The molecule has 0 spiro atoms. The maximum absolute atomic E-state index is 12.5. The van der Waals surface area contributed by atoms with Crippen molar-refractivity contribution in [3.05, 3.63) is 75.3 Å². The number of amides is 1. The number of ether oxygens (including phenoxy) is 1. The number of carbonyl (C=O) groups is 2. The number of aliphatic carboxylic acids is 1. The fourth-order valence-corrected chi connectivity index (χ4v) is 4.87. The van der Waals surface area contributed by atoms with Crippen LogP contribution in [-0.2, 0) is 28.9 Å². The average Bonchev–Trinajstić information content (AvgIpc) is 3.26. The molecule has 2 N–H and O–H groups in total. The molecule has 0 saturated heterocycles. The summed E-state index contributed by atoms with van der Waals surface area (Å²) in [6.45, 7) is 1.38. The molecular formula is C27H25N2O6-. The largest absolute Gasteiger partial charge is 0.548 e. The number of hydrogen-bond donors (Lipinski definition) is 2.